The summed E-state index contributed by atoms with van der Waals surface area (Å²) in [6.07, 6.45) is 9.80. The molecule has 0 saturated heterocycles. The maximum absolute atomic E-state index is 11.3. The Hall–Kier alpha value is -0.0900. The first-order chi connectivity index (χ1) is 11.1. The van der Waals surface area contributed by atoms with Crippen molar-refractivity contribution >= 4 is 40.0 Å². The maximum Gasteiger partial charge on any atom is 0.211 e. The Kier molecular flexibility index (Phi) is 19.3. The van der Waals surface area contributed by atoms with Crippen LogP contribution in [0.4, 0.5) is 0 Å². The monoisotopic (exact) mass is 476 g/mol. The highest BCUT2D eigenvalue weighted by Gasteiger charge is 2.04. The summed E-state index contributed by atoms with van der Waals surface area (Å²) in [6, 6.07) is 0. The molecule has 0 fully saturated rings. The molecule has 6 nitrogen and oxygen atoms in total. The van der Waals surface area contributed by atoms with Gasteiger partial charge in [0.1, 0.15) is 0 Å². The topological polar surface area (TPSA) is 82.6 Å². The van der Waals surface area contributed by atoms with Gasteiger partial charge in [0.25, 0.3) is 0 Å². The average molecular weight is 476 g/mol. The van der Waals surface area contributed by atoms with Crippen molar-refractivity contribution in [2.75, 3.05) is 32.4 Å². The van der Waals surface area contributed by atoms with E-state index in [1.165, 1.54) is 38.5 Å². The molecular weight excluding hydrogens is 439 g/mol. The first kappa shape index (κ1) is 26.1. The number of guanidine groups is 1. The standard InChI is InChI=1S/C16H36N4O2S.HI/c1-4-6-7-8-9-10-11-13-18-16(17-3)19-14-12-15-20-23(21,22)5-2;/h20H,4-15H2,1-3H3,(H2,17,18,19);1H. The molecule has 0 heterocycles. The number of hydrogen-bond acceptors (Lipinski definition) is 3. The van der Waals surface area contributed by atoms with Crippen LogP contribution in [0.5, 0.6) is 0 Å². The predicted octanol–water partition coefficient (Wildman–Crippen LogP) is 2.85. The van der Waals surface area contributed by atoms with Gasteiger partial charge >= 0.3 is 0 Å². The second-order valence-electron chi connectivity index (χ2n) is 5.70. The number of aliphatic imine (C=N–C) groups is 1. The van der Waals surface area contributed by atoms with Crippen LogP contribution in [0, 0.1) is 0 Å². The smallest absolute Gasteiger partial charge is 0.211 e. The lowest BCUT2D eigenvalue weighted by atomic mass is 10.1. The first-order valence-corrected chi connectivity index (χ1v) is 10.6. The Balaban J connectivity index is 0. The summed E-state index contributed by atoms with van der Waals surface area (Å²) in [6.45, 7) is 5.95. The molecule has 0 aliphatic carbocycles. The third-order valence-electron chi connectivity index (χ3n) is 3.64. The third kappa shape index (κ3) is 16.8. The van der Waals surface area contributed by atoms with Crippen molar-refractivity contribution in [3.8, 4) is 0 Å². The Bertz CT molecular complexity index is 403. The van der Waals surface area contributed by atoms with E-state index < -0.39 is 10.0 Å². The minimum absolute atomic E-state index is 0. The van der Waals surface area contributed by atoms with Crippen LogP contribution in [0.2, 0.25) is 0 Å². The van der Waals surface area contributed by atoms with Gasteiger partial charge < -0.3 is 10.6 Å². The quantitative estimate of drug-likeness (QED) is 0.156. The molecule has 0 aromatic heterocycles. The molecule has 0 saturated carbocycles. The summed E-state index contributed by atoms with van der Waals surface area (Å²) >= 11 is 0. The van der Waals surface area contributed by atoms with E-state index in [4.69, 9.17) is 0 Å². The summed E-state index contributed by atoms with van der Waals surface area (Å²) < 4.78 is 25.1. The minimum Gasteiger partial charge on any atom is -0.356 e. The van der Waals surface area contributed by atoms with Crippen LogP contribution in [-0.2, 0) is 10.0 Å². The van der Waals surface area contributed by atoms with Crippen molar-refractivity contribution in [1.29, 1.82) is 0 Å². The molecular formula is C16H37IN4O2S. The van der Waals surface area contributed by atoms with Gasteiger partial charge in [-0.05, 0) is 19.8 Å². The lowest BCUT2D eigenvalue weighted by Crippen LogP contribution is -2.39. The normalized spacial score (nSPS) is 11.9. The van der Waals surface area contributed by atoms with Crippen LogP contribution in [0.15, 0.2) is 4.99 Å². The molecule has 0 amide bonds. The SMILES string of the molecule is CCCCCCCCCNC(=NC)NCCCNS(=O)(=O)CC.I. The number of hydrogen-bond donors (Lipinski definition) is 3. The molecule has 0 aromatic carbocycles. The van der Waals surface area contributed by atoms with Gasteiger partial charge in [-0.1, -0.05) is 45.4 Å². The van der Waals surface area contributed by atoms with E-state index in [1.807, 2.05) is 0 Å². The zero-order valence-corrected chi connectivity index (χ0v) is 18.7. The first-order valence-electron chi connectivity index (χ1n) is 8.97. The van der Waals surface area contributed by atoms with Gasteiger partial charge in [-0.25, -0.2) is 13.1 Å². The summed E-state index contributed by atoms with van der Waals surface area (Å²) in [7, 11) is -1.33. The Morgan fingerprint density at radius 1 is 0.833 bits per heavy atom. The fourth-order valence-electron chi connectivity index (χ4n) is 2.13. The number of nitrogens with zero attached hydrogens (tertiary/aromatic N) is 1. The molecule has 0 radical (unpaired) electrons. The van der Waals surface area contributed by atoms with Crippen LogP contribution in [0.25, 0.3) is 0 Å². The van der Waals surface area contributed by atoms with Crippen LogP contribution < -0.4 is 15.4 Å². The van der Waals surface area contributed by atoms with E-state index in [0.717, 1.165) is 25.3 Å². The molecule has 0 aliphatic heterocycles. The molecule has 3 N–H and O–H groups in total. The highest BCUT2D eigenvalue weighted by Crippen LogP contribution is 2.06. The molecule has 0 unspecified atom stereocenters. The summed E-state index contributed by atoms with van der Waals surface area (Å²) in [5, 5.41) is 6.49. The highest BCUT2D eigenvalue weighted by molar-refractivity contribution is 14.0. The molecule has 24 heavy (non-hydrogen) atoms. The summed E-state index contributed by atoms with van der Waals surface area (Å²) in [5.41, 5.74) is 0. The zero-order chi connectivity index (χ0) is 17.4. The largest absolute Gasteiger partial charge is 0.356 e. The lowest BCUT2D eigenvalue weighted by molar-refractivity contribution is 0.578. The van der Waals surface area contributed by atoms with Crippen molar-refractivity contribution in [1.82, 2.24) is 15.4 Å². The van der Waals surface area contributed by atoms with Crippen LogP contribution in [-0.4, -0.2) is 46.8 Å². The zero-order valence-electron chi connectivity index (χ0n) is 15.6. The molecule has 146 valence electrons. The van der Waals surface area contributed by atoms with E-state index >= 15 is 0 Å². The lowest BCUT2D eigenvalue weighted by Gasteiger charge is -2.12. The Morgan fingerprint density at radius 3 is 1.92 bits per heavy atom. The molecule has 0 bridgehead atoms. The van der Waals surface area contributed by atoms with Gasteiger partial charge in [0.05, 0.1) is 5.75 Å². The van der Waals surface area contributed by atoms with Crippen LogP contribution in [0.3, 0.4) is 0 Å². The van der Waals surface area contributed by atoms with Crippen molar-refractivity contribution in [3.63, 3.8) is 0 Å². The van der Waals surface area contributed by atoms with E-state index in [-0.39, 0.29) is 29.7 Å². The maximum atomic E-state index is 11.3. The highest BCUT2D eigenvalue weighted by atomic mass is 127. The third-order valence-corrected chi connectivity index (χ3v) is 5.05. The van der Waals surface area contributed by atoms with Crippen LogP contribution >= 0.6 is 24.0 Å². The molecule has 0 rings (SSSR count). The van der Waals surface area contributed by atoms with Gasteiger partial charge in [0.2, 0.25) is 10.0 Å². The summed E-state index contributed by atoms with van der Waals surface area (Å²) in [5.74, 6) is 0.913. The van der Waals surface area contributed by atoms with Crippen molar-refractivity contribution in [2.24, 2.45) is 4.99 Å². The van der Waals surface area contributed by atoms with Gasteiger partial charge in [0.15, 0.2) is 5.96 Å². The average Bonchev–Trinajstić information content (AvgIpc) is 2.55. The fourth-order valence-corrected chi connectivity index (χ4v) is 2.79. The number of rotatable bonds is 14. The second-order valence-corrected chi connectivity index (χ2v) is 7.79. The van der Waals surface area contributed by atoms with Gasteiger partial charge in [-0.15, -0.1) is 24.0 Å². The fraction of sp³-hybridized carbons (Fsp3) is 0.938. The number of halogens is 1. The van der Waals surface area contributed by atoms with Gasteiger partial charge in [-0.3, -0.25) is 4.99 Å². The van der Waals surface area contributed by atoms with Crippen molar-refractivity contribution in [2.45, 2.75) is 65.2 Å². The summed E-state index contributed by atoms with van der Waals surface area (Å²) in [4.78, 5) is 4.16. The van der Waals surface area contributed by atoms with Crippen molar-refractivity contribution in [3.05, 3.63) is 0 Å². The van der Waals surface area contributed by atoms with Gasteiger partial charge in [0, 0.05) is 26.7 Å². The molecule has 0 aliphatic rings. The Morgan fingerprint density at radius 2 is 1.38 bits per heavy atom. The molecule has 0 atom stereocenters. The van der Waals surface area contributed by atoms with Crippen molar-refractivity contribution < 1.29 is 8.42 Å². The number of unbranched alkanes of at least 4 members (excludes halogenated alkanes) is 6. The molecule has 8 heteroatoms. The minimum atomic E-state index is -3.08. The van der Waals surface area contributed by atoms with E-state index in [2.05, 4.69) is 27.3 Å². The second kappa shape index (κ2) is 17.7. The van der Waals surface area contributed by atoms with E-state index in [9.17, 15) is 8.42 Å². The molecule has 0 spiro atoms. The van der Waals surface area contributed by atoms with Gasteiger partial charge in [-0.2, -0.15) is 0 Å². The van der Waals surface area contributed by atoms with E-state index in [1.54, 1.807) is 14.0 Å². The molecule has 0 aromatic rings. The number of sulfonamides is 1. The van der Waals surface area contributed by atoms with E-state index in [0.29, 0.717) is 13.1 Å². The van der Waals surface area contributed by atoms with Crippen LogP contribution in [0.1, 0.15) is 65.2 Å². The Labute approximate surface area is 166 Å². The predicted molar refractivity (Wildman–Crippen MR) is 115 cm³/mol. The number of nitrogens with one attached hydrogen (secondary N) is 3.